The first-order valence-electron chi connectivity index (χ1n) is 3.91. The third-order valence-corrected chi connectivity index (χ3v) is 2.57. The lowest BCUT2D eigenvalue weighted by atomic mass is 10.4. The molecule has 1 aromatic rings. The summed E-state index contributed by atoms with van der Waals surface area (Å²) in [7, 11) is 4.08. The van der Waals surface area contributed by atoms with Crippen LogP contribution in [0.2, 0.25) is 0 Å². The third kappa shape index (κ3) is 2.89. The number of likely N-dealkylation sites (N-methyl/N-ethyl adjacent to an activating group) is 1. The van der Waals surface area contributed by atoms with Gasteiger partial charge in [0.15, 0.2) is 0 Å². The Morgan fingerprint density at radius 2 is 2.33 bits per heavy atom. The molecule has 0 saturated carbocycles. The molecule has 3 nitrogen and oxygen atoms in total. The predicted molar refractivity (Wildman–Crippen MR) is 50.3 cm³/mol. The zero-order chi connectivity index (χ0) is 8.97. The van der Waals surface area contributed by atoms with Gasteiger partial charge in [0, 0.05) is 19.2 Å². The molecule has 0 bridgehead atoms. The molecule has 0 aliphatic carbocycles. The summed E-state index contributed by atoms with van der Waals surface area (Å²) >= 11 is 1.59. The minimum absolute atomic E-state index is 0.111. The van der Waals surface area contributed by atoms with E-state index in [-0.39, 0.29) is 6.61 Å². The van der Waals surface area contributed by atoms with Gasteiger partial charge in [-0.3, -0.25) is 0 Å². The van der Waals surface area contributed by atoms with Crippen LogP contribution >= 0.6 is 11.3 Å². The first kappa shape index (κ1) is 9.64. The van der Waals surface area contributed by atoms with Crippen LogP contribution in [0.3, 0.4) is 0 Å². The maximum atomic E-state index is 8.79. The van der Waals surface area contributed by atoms with Crippen molar-refractivity contribution in [2.75, 3.05) is 20.6 Å². The van der Waals surface area contributed by atoms with E-state index in [2.05, 4.69) is 9.88 Å². The zero-order valence-electron chi connectivity index (χ0n) is 7.45. The fourth-order valence-electron chi connectivity index (χ4n) is 0.856. The van der Waals surface area contributed by atoms with Gasteiger partial charge in [0.2, 0.25) is 0 Å². The quantitative estimate of drug-likeness (QED) is 0.753. The highest BCUT2D eigenvalue weighted by Gasteiger charge is 2.00. The van der Waals surface area contributed by atoms with Gasteiger partial charge in [-0.1, -0.05) is 0 Å². The molecular weight excluding hydrogens is 172 g/mol. The molecule has 0 spiro atoms. The van der Waals surface area contributed by atoms with Gasteiger partial charge in [0.1, 0.15) is 0 Å². The Hall–Kier alpha value is -0.450. The zero-order valence-corrected chi connectivity index (χ0v) is 8.27. The van der Waals surface area contributed by atoms with Gasteiger partial charge in [-0.25, -0.2) is 4.98 Å². The SMILES string of the molecule is CN(C)CCc1ncc(CO)s1. The number of hydrogen-bond donors (Lipinski definition) is 1. The molecule has 0 aromatic carbocycles. The van der Waals surface area contributed by atoms with E-state index in [4.69, 9.17) is 5.11 Å². The average molecular weight is 186 g/mol. The lowest BCUT2D eigenvalue weighted by Gasteiger charge is -2.06. The molecule has 68 valence electrons. The number of hydrogen-bond acceptors (Lipinski definition) is 4. The fourth-order valence-corrected chi connectivity index (χ4v) is 1.63. The van der Waals surface area contributed by atoms with Crippen molar-refractivity contribution in [1.29, 1.82) is 0 Å². The van der Waals surface area contributed by atoms with Crippen LogP contribution in [0.1, 0.15) is 9.88 Å². The molecule has 12 heavy (non-hydrogen) atoms. The van der Waals surface area contributed by atoms with E-state index in [1.165, 1.54) is 0 Å². The second kappa shape index (κ2) is 4.54. The number of aliphatic hydroxyl groups is 1. The molecule has 0 aliphatic rings. The smallest absolute Gasteiger partial charge is 0.0941 e. The Morgan fingerprint density at radius 3 is 2.83 bits per heavy atom. The first-order chi connectivity index (χ1) is 5.72. The van der Waals surface area contributed by atoms with Gasteiger partial charge >= 0.3 is 0 Å². The van der Waals surface area contributed by atoms with E-state index in [1.807, 2.05) is 14.1 Å². The van der Waals surface area contributed by atoms with Crippen molar-refractivity contribution < 1.29 is 5.11 Å². The number of aromatic nitrogens is 1. The average Bonchev–Trinajstić information content (AvgIpc) is 2.48. The molecule has 1 N–H and O–H groups in total. The summed E-state index contributed by atoms with van der Waals surface area (Å²) in [6.45, 7) is 1.12. The highest BCUT2D eigenvalue weighted by molar-refractivity contribution is 7.11. The largest absolute Gasteiger partial charge is 0.391 e. The summed E-state index contributed by atoms with van der Waals surface area (Å²) in [5.41, 5.74) is 0. The number of rotatable bonds is 4. The maximum absolute atomic E-state index is 8.79. The highest BCUT2D eigenvalue weighted by Crippen LogP contribution is 2.12. The van der Waals surface area contributed by atoms with E-state index in [0.29, 0.717) is 0 Å². The van der Waals surface area contributed by atoms with E-state index in [9.17, 15) is 0 Å². The second-order valence-electron chi connectivity index (χ2n) is 2.93. The molecule has 1 rings (SSSR count). The molecule has 4 heteroatoms. The summed E-state index contributed by atoms with van der Waals surface area (Å²) in [4.78, 5) is 7.26. The Morgan fingerprint density at radius 1 is 1.58 bits per heavy atom. The highest BCUT2D eigenvalue weighted by atomic mass is 32.1. The van der Waals surface area contributed by atoms with Gasteiger partial charge in [-0.05, 0) is 14.1 Å². The summed E-state index contributed by atoms with van der Waals surface area (Å²) in [6, 6.07) is 0. The van der Waals surface area contributed by atoms with Crippen LogP contribution in [0.4, 0.5) is 0 Å². The lowest BCUT2D eigenvalue weighted by molar-refractivity contribution is 0.285. The normalized spacial score (nSPS) is 11.0. The Bertz CT molecular complexity index is 235. The summed E-state index contributed by atoms with van der Waals surface area (Å²) < 4.78 is 0. The molecule has 0 unspecified atom stereocenters. The molecule has 0 aliphatic heterocycles. The molecule has 1 heterocycles. The molecule has 0 radical (unpaired) electrons. The van der Waals surface area contributed by atoms with Crippen LogP contribution in [0, 0.1) is 0 Å². The molecular formula is C8H14N2OS. The molecule has 0 amide bonds. The van der Waals surface area contributed by atoms with E-state index >= 15 is 0 Å². The van der Waals surface area contributed by atoms with Crippen LogP contribution in [-0.2, 0) is 13.0 Å². The van der Waals surface area contributed by atoms with Crippen molar-refractivity contribution in [3.05, 3.63) is 16.1 Å². The van der Waals surface area contributed by atoms with E-state index < -0.39 is 0 Å². The number of aliphatic hydroxyl groups excluding tert-OH is 1. The van der Waals surface area contributed by atoms with Gasteiger partial charge < -0.3 is 10.0 Å². The minimum atomic E-state index is 0.111. The minimum Gasteiger partial charge on any atom is -0.391 e. The van der Waals surface area contributed by atoms with Crippen molar-refractivity contribution in [1.82, 2.24) is 9.88 Å². The molecule has 0 saturated heterocycles. The van der Waals surface area contributed by atoms with Gasteiger partial charge in [0.05, 0.1) is 16.5 Å². The van der Waals surface area contributed by atoms with Gasteiger partial charge in [-0.15, -0.1) is 11.3 Å². The Labute approximate surface area is 76.7 Å². The fraction of sp³-hybridized carbons (Fsp3) is 0.625. The standard InChI is InChI=1S/C8H14N2OS/c1-10(2)4-3-8-9-5-7(6-11)12-8/h5,11H,3-4,6H2,1-2H3. The topological polar surface area (TPSA) is 36.4 Å². The van der Waals surface area contributed by atoms with Crippen molar-refractivity contribution in [3.63, 3.8) is 0 Å². The monoisotopic (exact) mass is 186 g/mol. The number of thiazole rings is 1. The van der Waals surface area contributed by atoms with Crippen molar-refractivity contribution in [2.45, 2.75) is 13.0 Å². The van der Waals surface area contributed by atoms with Crippen LogP contribution in [0.5, 0.6) is 0 Å². The van der Waals surface area contributed by atoms with Crippen molar-refractivity contribution >= 4 is 11.3 Å². The van der Waals surface area contributed by atoms with Gasteiger partial charge in [-0.2, -0.15) is 0 Å². The summed E-state index contributed by atoms with van der Waals surface area (Å²) in [5, 5.41) is 9.89. The molecule has 1 aromatic heterocycles. The summed E-state index contributed by atoms with van der Waals surface area (Å²) in [5.74, 6) is 0. The van der Waals surface area contributed by atoms with Crippen molar-refractivity contribution in [3.8, 4) is 0 Å². The predicted octanol–water partition coefficient (Wildman–Crippen LogP) is 0.740. The second-order valence-corrected chi connectivity index (χ2v) is 4.13. The van der Waals surface area contributed by atoms with E-state index in [1.54, 1.807) is 17.5 Å². The molecule has 0 fully saturated rings. The van der Waals surface area contributed by atoms with Crippen LogP contribution in [0.25, 0.3) is 0 Å². The summed E-state index contributed by atoms with van der Waals surface area (Å²) in [6.07, 6.45) is 2.72. The van der Waals surface area contributed by atoms with Crippen LogP contribution in [0.15, 0.2) is 6.20 Å². The van der Waals surface area contributed by atoms with E-state index in [0.717, 1.165) is 22.9 Å². The molecule has 0 atom stereocenters. The lowest BCUT2D eigenvalue weighted by Crippen LogP contribution is -2.14. The maximum Gasteiger partial charge on any atom is 0.0941 e. The van der Waals surface area contributed by atoms with Crippen LogP contribution in [-0.4, -0.2) is 35.6 Å². The third-order valence-electron chi connectivity index (χ3n) is 1.53. The van der Waals surface area contributed by atoms with Crippen molar-refractivity contribution in [2.24, 2.45) is 0 Å². The Kier molecular flexibility index (Phi) is 3.65. The van der Waals surface area contributed by atoms with Gasteiger partial charge in [0.25, 0.3) is 0 Å². The Balaban J connectivity index is 2.41. The first-order valence-corrected chi connectivity index (χ1v) is 4.73. The van der Waals surface area contributed by atoms with Crippen LogP contribution < -0.4 is 0 Å². The number of nitrogens with zero attached hydrogens (tertiary/aromatic N) is 2.